The van der Waals surface area contributed by atoms with Crippen LogP contribution in [-0.2, 0) is 20.2 Å². The van der Waals surface area contributed by atoms with E-state index in [0.717, 1.165) is 0 Å². The van der Waals surface area contributed by atoms with Gasteiger partial charge in [-0.2, -0.15) is 38.6 Å². The Hall–Kier alpha value is -1.70. The molecular formula is C14H16N2O6S4. The summed E-state index contributed by atoms with van der Waals surface area (Å²) in [6.45, 7) is 0. The highest BCUT2D eigenvalue weighted by atomic mass is 32.2. The van der Waals surface area contributed by atoms with Crippen molar-refractivity contribution in [1.29, 1.82) is 0 Å². The summed E-state index contributed by atoms with van der Waals surface area (Å²) in [5, 5.41) is 6.21. The Balaban J connectivity index is 2.08. The quantitative estimate of drug-likeness (QED) is 0.306. The predicted molar refractivity (Wildman–Crippen MR) is 104 cm³/mol. The summed E-state index contributed by atoms with van der Waals surface area (Å²) in [4.78, 5) is 0.356. The van der Waals surface area contributed by atoms with Gasteiger partial charge >= 0.3 is 0 Å². The minimum absolute atomic E-state index is 0.243. The second kappa shape index (κ2) is 6.48. The van der Waals surface area contributed by atoms with Gasteiger partial charge in [-0.25, -0.2) is 0 Å². The number of benzene rings is 1. The topological polar surface area (TPSA) is 161 Å². The molecule has 0 fully saturated rings. The van der Waals surface area contributed by atoms with Crippen LogP contribution < -0.4 is 11.5 Å². The van der Waals surface area contributed by atoms with E-state index in [1.807, 2.05) is 0 Å². The second-order valence-corrected chi connectivity index (χ2v) is 11.9. The molecule has 2 heterocycles. The minimum atomic E-state index is -4.53. The summed E-state index contributed by atoms with van der Waals surface area (Å²) in [7, 11) is -11.4. The molecule has 26 heavy (non-hydrogen) atoms. The van der Waals surface area contributed by atoms with Crippen molar-refractivity contribution in [3.63, 3.8) is 0 Å². The molecule has 2 aliphatic rings. The van der Waals surface area contributed by atoms with Crippen LogP contribution >= 0.6 is 21.8 Å². The molecule has 12 heteroatoms. The molecule has 0 aliphatic carbocycles. The van der Waals surface area contributed by atoms with E-state index in [9.17, 15) is 21.4 Å². The molecule has 3 rings (SSSR count). The summed E-state index contributed by atoms with van der Waals surface area (Å²) < 4.78 is 64.9. The molecule has 0 amide bonds. The van der Waals surface area contributed by atoms with E-state index in [1.54, 1.807) is 28.4 Å². The monoisotopic (exact) mass is 436 g/mol. The number of thiol groups is 2. The van der Waals surface area contributed by atoms with Crippen LogP contribution in [0.15, 0.2) is 76.9 Å². The van der Waals surface area contributed by atoms with Crippen molar-refractivity contribution in [2.75, 3.05) is 0 Å². The summed E-state index contributed by atoms with van der Waals surface area (Å²) in [6.07, 6.45) is 1.26. The van der Waals surface area contributed by atoms with Crippen molar-refractivity contribution >= 4 is 42.0 Å². The van der Waals surface area contributed by atoms with Crippen molar-refractivity contribution < 1.29 is 25.9 Å². The molecule has 1 unspecified atom stereocenters. The zero-order valence-corrected chi connectivity index (χ0v) is 16.4. The lowest BCUT2D eigenvalue weighted by molar-refractivity contribution is 0.480. The van der Waals surface area contributed by atoms with E-state index in [0.29, 0.717) is 21.2 Å². The molecule has 142 valence electrons. The van der Waals surface area contributed by atoms with Crippen LogP contribution in [0.5, 0.6) is 0 Å². The third kappa shape index (κ3) is 3.70. The molecule has 0 radical (unpaired) electrons. The highest BCUT2D eigenvalue weighted by Gasteiger charge is 2.24. The average molecular weight is 437 g/mol. The molecule has 2 aliphatic heterocycles. The number of hydrogen-bond acceptors (Lipinski definition) is 6. The fourth-order valence-corrected chi connectivity index (χ4v) is 8.40. The molecule has 0 bridgehead atoms. The third-order valence-electron chi connectivity index (χ3n) is 3.65. The van der Waals surface area contributed by atoms with Gasteiger partial charge in [-0.3, -0.25) is 9.11 Å². The van der Waals surface area contributed by atoms with E-state index >= 15 is 0 Å². The van der Waals surface area contributed by atoms with E-state index in [2.05, 4.69) is 0 Å². The van der Waals surface area contributed by atoms with Crippen molar-refractivity contribution in [3.05, 3.63) is 62.2 Å². The van der Waals surface area contributed by atoms with Crippen LogP contribution in [0.4, 0.5) is 0 Å². The Morgan fingerprint density at radius 3 is 1.96 bits per heavy atom. The zero-order valence-electron chi connectivity index (χ0n) is 13.0. The van der Waals surface area contributed by atoms with Crippen LogP contribution in [0.2, 0.25) is 0 Å². The molecule has 0 aromatic heterocycles. The Kier molecular flexibility index (Phi) is 4.75. The predicted octanol–water partition coefficient (Wildman–Crippen LogP) is 1.52. The number of allylic oxidation sites excluding steroid dienone is 1. The minimum Gasteiger partial charge on any atom is -0.397 e. The van der Waals surface area contributed by atoms with Gasteiger partial charge in [-0.15, -0.1) is 0 Å². The summed E-state index contributed by atoms with van der Waals surface area (Å²) >= 11 is 0. The Morgan fingerprint density at radius 2 is 1.46 bits per heavy atom. The first-order valence-electron chi connectivity index (χ1n) is 6.97. The van der Waals surface area contributed by atoms with Crippen molar-refractivity contribution in [3.8, 4) is 0 Å². The lowest BCUT2D eigenvalue weighted by Gasteiger charge is -2.18. The smallest absolute Gasteiger partial charge is 0.295 e. The van der Waals surface area contributed by atoms with Crippen molar-refractivity contribution in [2.24, 2.45) is 11.5 Å². The molecule has 1 atom stereocenters. The van der Waals surface area contributed by atoms with Crippen molar-refractivity contribution in [1.82, 2.24) is 0 Å². The average Bonchev–Trinajstić information content (AvgIpc) is 3.13. The first kappa shape index (κ1) is 19.1. The molecule has 0 saturated carbocycles. The van der Waals surface area contributed by atoms with Crippen LogP contribution in [0.25, 0.3) is 0 Å². The maximum absolute atomic E-state index is 11.9. The zero-order chi connectivity index (χ0) is 19.3. The number of nitrogens with two attached hydrogens (primary N) is 2. The van der Waals surface area contributed by atoms with Crippen LogP contribution in [-0.4, -0.2) is 25.9 Å². The second-order valence-electron chi connectivity index (χ2n) is 5.43. The number of rotatable bonds is 4. The highest BCUT2D eigenvalue weighted by molar-refractivity contribution is 8.23. The van der Waals surface area contributed by atoms with Crippen LogP contribution in [0, 0.1) is 0 Å². The Bertz CT molecular complexity index is 1100. The first-order valence-corrected chi connectivity index (χ1v) is 12.8. The maximum Gasteiger partial charge on any atom is 0.295 e. The van der Waals surface area contributed by atoms with E-state index in [-0.39, 0.29) is 9.80 Å². The van der Waals surface area contributed by atoms with Gasteiger partial charge in [0.1, 0.15) is 4.90 Å². The molecule has 0 spiro atoms. The fraction of sp³-hybridized carbons (Fsp3) is 0. The first-order chi connectivity index (χ1) is 12.0. The lowest BCUT2D eigenvalue weighted by Crippen LogP contribution is -2.05. The van der Waals surface area contributed by atoms with Crippen LogP contribution in [0.3, 0.4) is 0 Å². The van der Waals surface area contributed by atoms with Gasteiger partial charge in [-0.05, 0) is 50.8 Å². The summed E-state index contributed by atoms with van der Waals surface area (Å²) in [5.41, 5.74) is 12.2. The van der Waals surface area contributed by atoms with Gasteiger partial charge in [0, 0.05) is 4.90 Å². The van der Waals surface area contributed by atoms with Gasteiger partial charge in [0.05, 0.1) is 16.3 Å². The highest BCUT2D eigenvalue weighted by Crippen LogP contribution is 2.51. The molecule has 8 nitrogen and oxygen atoms in total. The van der Waals surface area contributed by atoms with Crippen LogP contribution in [0.1, 0.15) is 0 Å². The van der Waals surface area contributed by atoms with Gasteiger partial charge in [-0.1, -0.05) is 0 Å². The maximum atomic E-state index is 11.9. The number of hydrogen-bond donors (Lipinski definition) is 6. The molecule has 0 saturated heterocycles. The van der Waals surface area contributed by atoms with Gasteiger partial charge in [0.25, 0.3) is 20.2 Å². The summed E-state index contributed by atoms with van der Waals surface area (Å²) in [6, 6.07) is 4.51. The van der Waals surface area contributed by atoms with Gasteiger partial charge in [0.2, 0.25) is 0 Å². The van der Waals surface area contributed by atoms with Gasteiger partial charge in [0.15, 0.2) is 0 Å². The molecule has 1 aromatic rings. The van der Waals surface area contributed by atoms with Crippen molar-refractivity contribution in [2.45, 2.75) is 14.7 Å². The third-order valence-corrected chi connectivity index (χ3v) is 9.68. The van der Waals surface area contributed by atoms with E-state index in [4.69, 9.17) is 16.0 Å². The van der Waals surface area contributed by atoms with E-state index < -0.39 is 42.0 Å². The molecule has 6 N–H and O–H groups in total. The lowest BCUT2D eigenvalue weighted by atomic mass is 10.4. The molecular weight excluding hydrogens is 420 g/mol. The normalized spacial score (nSPS) is 22.9. The SMILES string of the molecule is NC1=C[SH](c2ccc([SH]3C=CC(S(=O)(=O)O)=C3)cc2S(=O)(=O)O)C=C1N. The Morgan fingerprint density at radius 1 is 0.846 bits per heavy atom. The largest absolute Gasteiger partial charge is 0.397 e. The Labute approximate surface area is 156 Å². The molecule has 1 aromatic carbocycles. The fourth-order valence-electron chi connectivity index (χ4n) is 2.40. The van der Waals surface area contributed by atoms with Gasteiger partial charge < -0.3 is 11.5 Å². The summed E-state index contributed by atoms with van der Waals surface area (Å²) in [5.74, 6) is 0. The van der Waals surface area contributed by atoms with E-state index in [1.165, 1.54) is 17.6 Å². The standard InChI is InChI=1S/C14H16N2O6S4/c15-11-7-24(8-12(11)16)13-2-1-9(5-14(13)26(20,21)22)23-4-3-10(6-23)25(17,18)19/h1-8,23-24H,15-16H2,(H,17,18,19)(H,20,21,22).